The fourth-order valence-corrected chi connectivity index (χ4v) is 1.67. The molecule has 0 heterocycles. The number of hydrogen-bond acceptors (Lipinski definition) is 0. The molecule has 76 valence electrons. The van der Waals surface area contributed by atoms with Crippen molar-refractivity contribution < 1.29 is 2.85 Å². The smallest absolute Gasteiger partial charge is 1.00 e. The summed E-state index contributed by atoms with van der Waals surface area (Å²) >= 11 is 3.44. The van der Waals surface area contributed by atoms with Crippen LogP contribution in [0.3, 0.4) is 0 Å². The SMILES string of the molecule is CCCCCCc1ccc(Br)cc1.[H-].[H-].[Mg+2]. The van der Waals surface area contributed by atoms with E-state index in [1.54, 1.807) is 0 Å². The van der Waals surface area contributed by atoms with E-state index in [-0.39, 0.29) is 25.9 Å². The normalized spacial score (nSPS) is 9.57. The van der Waals surface area contributed by atoms with Gasteiger partial charge < -0.3 is 2.85 Å². The van der Waals surface area contributed by atoms with Crippen LogP contribution in [0, 0.1) is 0 Å². The quantitative estimate of drug-likeness (QED) is 0.547. The number of benzene rings is 1. The van der Waals surface area contributed by atoms with Gasteiger partial charge in [-0.1, -0.05) is 54.2 Å². The van der Waals surface area contributed by atoms with E-state index in [1.807, 2.05) is 0 Å². The van der Waals surface area contributed by atoms with Gasteiger partial charge in [0.05, 0.1) is 0 Å². The minimum atomic E-state index is 0. The van der Waals surface area contributed by atoms with Crippen molar-refractivity contribution in [2.75, 3.05) is 0 Å². The average molecular weight is 267 g/mol. The topological polar surface area (TPSA) is 0 Å². The molecule has 0 unspecified atom stereocenters. The Kier molecular flexibility index (Phi) is 9.04. The molecule has 0 aliphatic heterocycles. The molecule has 0 atom stereocenters. The molecule has 0 bridgehead atoms. The van der Waals surface area contributed by atoms with Crippen molar-refractivity contribution in [2.24, 2.45) is 0 Å². The zero-order valence-corrected chi connectivity index (χ0v) is 11.9. The van der Waals surface area contributed by atoms with E-state index in [1.165, 1.54) is 42.1 Å². The zero-order valence-electron chi connectivity index (χ0n) is 10.9. The molecule has 0 spiro atoms. The number of rotatable bonds is 5. The average Bonchev–Trinajstić information content (AvgIpc) is 2.15. The van der Waals surface area contributed by atoms with E-state index in [9.17, 15) is 0 Å². The minimum absolute atomic E-state index is 0. The first-order valence-corrected chi connectivity index (χ1v) is 5.86. The van der Waals surface area contributed by atoms with Crippen molar-refractivity contribution >= 4 is 39.0 Å². The predicted molar refractivity (Wildman–Crippen MR) is 70.0 cm³/mol. The van der Waals surface area contributed by atoms with E-state index in [0.717, 1.165) is 0 Å². The molecule has 0 aromatic heterocycles. The van der Waals surface area contributed by atoms with Crippen molar-refractivity contribution in [2.45, 2.75) is 39.0 Å². The summed E-state index contributed by atoms with van der Waals surface area (Å²) in [5.74, 6) is 0. The van der Waals surface area contributed by atoms with Crippen molar-refractivity contribution in [1.29, 1.82) is 0 Å². The Morgan fingerprint density at radius 2 is 1.71 bits per heavy atom. The molecule has 0 aliphatic rings. The molecule has 1 aromatic rings. The molecule has 1 rings (SSSR count). The van der Waals surface area contributed by atoms with E-state index >= 15 is 0 Å². The third-order valence-electron chi connectivity index (χ3n) is 2.23. The monoisotopic (exact) mass is 266 g/mol. The van der Waals surface area contributed by atoms with Crippen LogP contribution in [0.4, 0.5) is 0 Å². The van der Waals surface area contributed by atoms with Gasteiger partial charge in [-0.2, -0.15) is 0 Å². The Labute approximate surface area is 115 Å². The van der Waals surface area contributed by atoms with Crippen LogP contribution in [0.25, 0.3) is 0 Å². The molecule has 1 aromatic carbocycles. The molecule has 14 heavy (non-hydrogen) atoms. The maximum absolute atomic E-state index is 3.44. The second-order valence-corrected chi connectivity index (χ2v) is 4.35. The largest absolute Gasteiger partial charge is 2.00 e. The van der Waals surface area contributed by atoms with Crippen LogP contribution < -0.4 is 0 Å². The molecule has 0 saturated heterocycles. The van der Waals surface area contributed by atoms with Gasteiger partial charge in [-0.05, 0) is 30.5 Å². The van der Waals surface area contributed by atoms with Gasteiger partial charge in [0.25, 0.3) is 0 Å². The van der Waals surface area contributed by atoms with Gasteiger partial charge in [0.15, 0.2) is 0 Å². The van der Waals surface area contributed by atoms with Crippen LogP contribution >= 0.6 is 15.9 Å². The maximum atomic E-state index is 3.44. The first-order valence-electron chi connectivity index (χ1n) is 5.07. The first-order chi connectivity index (χ1) is 6.33. The second-order valence-electron chi connectivity index (χ2n) is 3.44. The zero-order chi connectivity index (χ0) is 9.52. The fraction of sp³-hybridized carbons (Fsp3) is 0.500. The Balaban J connectivity index is -0.000000563. The molecular formula is C12H19BrMg. The van der Waals surface area contributed by atoms with E-state index in [0.29, 0.717) is 0 Å². The van der Waals surface area contributed by atoms with E-state index < -0.39 is 0 Å². The molecule has 0 nitrogen and oxygen atoms in total. The summed E-state index contributed by atoms with van der Waals surface area (Å²) in [5.41, 5.74) is 1.46. The molecule has 0 fully saturated rings. The Bertz CT molecular complexity index is 239. The number of halogens is 1. The first kappa shape index (κ1) is 14.5. The Hall–Kier alpha value is 0.466. The van der Waals surface area contributed by atoms with Gasteiger partial charge in [0.2, 0.25) is 0 Å². The van der Waals surface area contributed by atoms with Crippen molar-refractivity contribution in [3.05, 3.63) is 34.3 Å². The van der Waals surface area contributed by atoms with Crippen LogP contribution in [-0.2, 0) is 6.42 Å². The van der Waals surface area contributed by atoms with Gasteiger partial charge in [0.1, 0.15) is 0 Å². The second kappa shape index (κ2) is 8.75. The van der Waals surface area contributed by atoms with Crippen LogP contribution in [-0.4, -0.2) is 23.1 Å². The summed E-state index contributed by atoms with van der Waals surface area (Å²) < 4.78 is 1.17. The summed E-state index contributed by atoms with van der Waals surface area (Å²) in [6.45, 7) is 2.25. The fourth-order valence-electron chi connectivity index (χ4n) is 1.41. The summed E-state index contributed by atoms with van der Waals surface area (Å²) in [4.78, 5) is 0. The number of unbranched alkanes of at least 4 members (excludes halogenated alkanes) is 3. The van der Waals surface area contributed by atoms with Crippen LogP contribution in [0.5, 0.6) is 0 Å². The molecule has 0 amide bonds. The number of aryl methyl sites for hydroxylation is 1. The summed E-state index contributed by atoms with van der Waals surface area (Å²) in [7, 11) is 0. The summed E-state index contributed by atoms with van der Waals surface area (Å²) in [6, 6.07) is 8.65. The van der Waals surface area contributed by atoms with Crippen LogP contribution in [0.1, 0.15) is 41.0 Å². The Morgan fingerprint density at radius 3 is 2.29 bits per heavy atom. The molecule has 0 radical (unpaired) electrons. The third kappa shape index (κ3) is 6.04. The summed E-state index contributed by atoms with van der Waals surface area (Å²) in [5, 5.41) is 0. The van der Waals surface area contributed by atoms with Crippen molar-refractivity contribution in [3.8, 4) is 0 Å². The van der Waals surface area contributed by atoms with Crippen molar-refractivity contribution in [3.63, 3.8) is 0 Å². The van der Waals surface area contributed by atoms with E-state index in [2.05, 4.69) is 47.1 Å². The van der Waals surface area contributed by atoms with E-state index in [4.69, 9.17) is 0 Å². The van der Waals surface area contributed by atoms with Gasteiger partial charge in [-0.25, -0.2) is 0 Å². The molecule has 0 N–H and O–H groups in total. The van der Waals surface area contributed by atoms with Gasteiger partial charge in [-0.3, -0.25) is 0 Å². The number of hydrogen-bond donors (Lipinski definition) is 0. The standard InChI is InChI=1S/C12H17Br.Mg.2H/c1-2-3-4-5-6-11-7-9-12(13)10-8-11;;;/h7-10H,2-6H2,1H3;;;/q;+2;2*-1. The predicted octanol–water partition coefficient (Wildman–Crippen LogP) is 4.42. The molecular weight excluding hydrogens is 248 g/mol. The van der Waals surface area contributed by atoms with Gasteiger partial charge >= 0.3 is 23.1 Å². The van der Waals surface area contributed by atoms with Gasteiger partial charge in [-0.15, -0.1) is 0 Å². The molecule has 2 heteroatoms. The molecule has 0 saturated carbocycles. The van der Waals surface area contributed by atoms with Crippen molar-refractivity contribution in [1.82, 2.24) is 0 Å². The Morgan fingerprint density at radius 1 is 1.07 bits per heavy atom. The van der Waals surface area contributed by atoms with Crippen LogP contribution in [0.15, 0.2) is 28.7 Å². The third-order valence-corrected chi connectivity index (χ3v) is 2.76. The molecule has 0 aliphatic carbocycles. The van der Waals surface area contributed by atoms with Crippen LogP contribution in [0.2, 0.25) is 0 Å². The summed E-state index contributed by atoms with van der Waals surface area (Å²) in [6.07, 6.45) is 6.62. The van der Waals surface area contributed by atoms with Gasteiger partial charge in [0, 0.05) is 4.47 Å². The minimum Gasteiger partial charge on any atom is -1.00 e. The maximum Gasteiger partial charge on any atom is 2.00 e.